The van der Waals surface area contributed by atoms with E-state index in [0.29, 0.717) is 17.4 Å². The summed E-state index contributed by atoms with van der Waals surface area (Å²) in [5, 5.41) is 3.04. The molecule has 0 radical (unpaired) electrons. The van der Waals surface area contributed by atoms with Gasteiger partial charge in [0.1, 0.15) is 19.3 Å². The fourth-order valence-electron chi connectivity index (χ4n) is 10.4. The van der Waals surface area contributed by atoms with Gasteiger partial charge in [0, 0.05) is 12.8 Å². The topological polar surface area (TPSA) is 114 Å². The van der Waals surface area contributed by atoms with Crippen molar-refractivity contribution in [1.82, 2.24) is 5.32 Å². The summed E-state index contributed by atoms with van der Waals surface area (Å²) in [5.41, 5.74) is 0. The summed E-state index contributed by atoms with van der Waals surface area (Å²) in [6.45, 7) is 6.85. The molecular formula is C73H137N2O7P. The molecule has 0 spiro atoms. The highest BCUT2D eigenvalue weighted by Gasteiger charge is 2.27. The average Bonchev–Trinajstić information content (AvgIpc) is 3.51. The summed E-state index contributed by atoms with van der Waals surface area (Å²) < 4.78 is 30.4. The Hall–Kier alpha value is -2.29. The van der Waals surface area contributed by atoms with Crippen LogP contribution in [0.15, 0.2) is 60.8 Å². The molecule has 0 saturated heterocycles. The lowest BCUT2D eigenvalue weighted by Gasteiger charge is -2.30. The molecule has 486 valence electrons. The molecule has 0 rings (SSSR count). The number of allylic oxidation sites excluding steroid dienone is 9. The number of carbonyl (C=O) groups excluding carboxylic acids is 2. The largest absolute Gasteiger partial charge is 0.756 e. The molecule has 0 aromatic heterocycles. The van der Waals surface area contributed by atoms with Crippen LogP contribution in [0.4, 0.5) is 0 Å². The number of likely N-dealkylation sites (N-methyl/N-ethyl adjacent to an activating group) is 1. The highest BCUT2D eigenvalue weighted by molar-refractivity contribution is 7.45. The van der Waals surface area contributed by atoms with E-state index in [2.05, 4.69) is 74.7 Å². The summed E-state index contributed by atoms with van der Waals surface area (Å²) in [4.78, 5) is 40.1. The number of phosphoric acid groups is 1. The van der Waals surface area contributed by atoms with Gasteiger partial charge in [0.2, 0.25) is 5.91 Å². The van der Waals surface area contributed by atoms with Gasteiger partial charge in [0.25, 0.3) is 7.82 Å². The van der Waals surface area contributed by atoms with E-state index in [4.69, 9.17) is 13.8 Å². The van der Waals surface area contributed by atoms with Crippen LogP contribution in [0.2, 0.25) is 0 Å². The van der Waals surface area contributed by atoms with E-state index in [-0.39, 0.29) is 31.5 Å². The Morgan fingerprint density at radius 1 is 0.422 bits per heavy atom. The molecule has 0 aromatic rings. The number of carbonyl (C=O) groups is 2. The minimum Gasteiger partial charge on any atom is -0.756 e. The first-order valence-electron chi connectivity index (χ1n) is 35.6. The Balaban J connectivity index is 5.04. The first kappa shape index (κ1) is 80.7. The number of phosphoric ester groups is 1. The SMILES string of the molecule is CCCCC/C=C\C/C=C\C/C=C\C/C=C\CCCCCCCCCC(=O)OC(/C=C/CCCCCCCCCCC)C(COP(=O)([O-])OCC[N+](C)(C)C)NC(=O)CCCCCCCCCCCCCCCCCCCCCCCCC. The summed E-state index contributed by atoms with van der Waals surface area (Å²) >= 11 is 0. The summed E-state index contributed by atoms with van der Waals surface area (Å²) in [6, 6.07) is -0.893. The number of unbranched alkanes of at least 4 members (excludes halogenated alkanes) is 41. The Labute approximate surface area is 515 Å². The minimum absolute atomic E-state index is 0.0238. The van der Waals surface area contributed by atoms with Crippen LogP contribution >= 0.6 is 7.82 Å². The van der Waals surface area contributed by atoms with Crippen LogP contribution in [0, 0.1) is 0 Å². The normalized spacial score (nSPS) is 13.9. The van der Waals surface area contributed by atoms with Crippen LogP contribution in [0.3, 0.4) is 0 Å². The highest BCUT2D eigenvalue weighted by atomic mass is 31.2. The Morgan fingerprint density at radius 3 is 1.12 bits per heavy atom. The molecule has 1 N–H and O–H groups in total. The van der Waals surface area contributed by atoms with Gasteiger partial charge in [-0.2, -0.15) is 0 Å². The zero-order chi connectivity index (χ0) is 60.7. The molecule has 1 amide bonds. The van der Waals surface area contributed by atoms with Crippen LogP contribution in [-0.2, 0) is 27.9 Å². The summed E-state index contributed by atoms with van der Waals surface area (Å²) in [7, 11) is 1.19. The van der Waals surface area contributed by atoms with Crippen molar-refractivity contribution in [3.05, 3.63) is 60.8 Å². The van der Waals surface area contributed by atoms with E-state index < -0.39 is 20.0 Å². The molecular weight excluding hydrogens is 1050 g/mol. The quantitative estimate of drug-likeness (QED) is 0.0212. The monoisotopic (exact) mass is 1190 g/mol. The smallest absolute Gasteiger partial charge is 0.306 e. The van der Waals surface area contributed by atoms with Crippen molar-refractivity contribution in [2.75, 3.05) is 40.9 Å². The zero-order valence-corrected chi connectivity index (χ0v) is 56.6. The third kappa shape index (κ3) is 64.0. The molecule has 0 bridgehead atoms. The summed E-state index contributed by atoms with van der Waals surface area (Å²) in [5.74, 6) is -0.540. The Morgan fingerprint density at radius 2 is 0.735 bits per heavy atom. The van der Waals surface area contributed by atoms with Crippen molar-refractivity contribution in [2.24, 2.45) is 0 Å². The van der Waals surface area contributed by atoms with Crippen LogP contribution < -0.4 is 10.2 Å². The number of hydrogen-bond acceptors (Lipinski definition) is 7. The minimum atomic E-state index is -4.70. The molecule has 0 aromatic carbocycles. The maximum atomic E-state index is 13.6. The van der Waals surface area contributed by atoms with E-state index in [9.17, 15) is 19.0 Å². The van der Waals surface area contributed by atoms with Crippen molar-refractivity contribution >= 4 is 19.7 Å². The standard InChI is InChI=1S/C73H137N2O7P/c1-7-10-13-16-19-22-25-27-29-31-33-35-37-39-41-43-45-47-50-53-56-59-62-65-72(76)74-70(69-81-83(78,79)80-68-67-75(4,5)6)71(64-61-58-55-52-49-24-21-18-15-12-9-3)82-73(77)66-63-60-57-54-51-48-46-44-42-40-38-36-34-32-30-28-26-23-20-17-14-11-8-2/h20,23,28,30,34,36,40,42,61,64,70-71H,7-19,21-22,24-27,29,31-33,35,37-39,41,43-60,62-63,65-69H2,1-6H3,(H-,74,76,78,79)/b23-20-,30-28-,36-34-,42-40-,64-61+. The van der Waals surface area contributed by atoms with E-state index in [1.54, 1.807) is 0 Å². The number of nitrogens with zero attached hydrogens (tertiary/aromatic N) is 1. The van der Waals surface area contributed by atoms with Gasteiger partial charge >= 0.3 is 5.97 Å². The number of hydrogen-bond donors (Lipinski definition) is 1. The van der Waals surface area contributed by atoms with Crippen molar-refractivity contribution < 1.29 is 37.3 Å². The molecule has 3 unspecified atom stereocenters. The molecule has 0 saturated carbocycles. The average molecular weight is 1190 g/mol. The van der Waals surface area contributed by atoms with Gasteiger partial charge in [-0.05, 0) is 76.7 Å². The van der Waals surface area contributed by atoms with Crippen molar-refractivity contribution in [3.63, 3.8) is 0 Å². The Bertz CT molecular complexity index is 1600. The van der Waals surface area contributed by atoms with Crippen molar-refractivity contribution in [2.45, 2.75) is 354 Å². The van der Waals surface area contributed by atoms with Crippen LogP contribution in [0.1, 0.15) is 342 Å². The van der Waals surface area contributed by atoms with Gasteiger partial charge in [0.05, 0.1) is 33.8 Å². The first-order chi connectivity index (χ1) is 40.4. The number of ether oxygens (including phenoxy) is 1. The van der Waals surface area contributed by atoms with Crippen LogP contribution in [-0.4, -0.2) is 69.4 Å². The Kier molecular flexibility index (Phi) is 61.0. The maximum Gasteiger partial charge on any atom is 0.306 e. The molecule has 0 fully saturated rings. The number of quaternary nitrogens is 1. The van der Waals surface area contributed by atoms with E-state index >= 15 is 0 Å². The maximum absolute atomic E-state index is 13.6. The highest BCUT2D eigenvalue weighted by Crippen LogP contribution is 2.38. The van der Waals surface area contributed by atoms with Gasteiger partial charge in [-0.3, -0.25) is 14.2 Å². The molecule has 0 heterocycles. The second-order valence-electron chi connectivity index (χ2n) is 25.4. The predicted octanol–water partition coefficient (Wildman–Crippen LogP) is 21.9. The fraction of sp³-hybridized carbons (Fsp3) is 0.836. The molecule has 9 nitrogen and oxygen atoms in total. The van der Waals surface area contributed by atoms with Gasteiger partial charge in [0.15, 0.2) is 0 Å². The molecule has 0 aliphatic heterocycles. The molecule has 0 aliphatic carbocycles. The van der Waals surface area contributed by atoms with Gasteiger partial charge in [-0.25, -0.2) is 0 Å². The molecule has 3 atom stereocenters. The molecule has 0 aliphatic rings. The number of rotatable bonds is 65. The molecule has 10 heteroatoms. The lowest BCUT2D eigenvalue weighted by Crippen LogP contribution is -2.47. The molecule has 83 heavy (non-hydrogen) atoms. The number of esters is 1. The first-order valence-corrected chi connectivity index (χ1v) is 37.1. The van der Waals surface area contributed by atoms with E-state index in [1.807, 2.05) is 33.3 Å². The van der Waals surface area contributed by atoms with Gasteiger partial charge in [-0.1, -0.05) is 313 Å². The third-order valence-electron chi connectivity index (χ3n) is 16.0. The summed E-state index contributed by atoms with van der Waals surface area (Å²) in [6.07, 6.45) is 80.6. The number of amides is 1. The number of nitrogens with one attached hydrogen (secondary N) is 1. The second kappa shape index (κ2) is 62.8. The van der Waals surface area contributed by atoms with Crippen molar-refractivity contribution in [1.29, 1.82) is 0 Å². The van der Waals surface area contributed by atoms with Gasteiger partial charge in [-0.15, -0.1) is 0 Å². The van der Waals surface area contributed by atoms with Crippen LogP contribution in [0.5, 0.6) is 0 Å². The lowest BCUT2D eigenvalue weighted by atomic mass is 10.0. The van der Waals surface area contributed by atoms with Gasteiger partial charge < -0.3 is 28.5 Å². The van der Waals surface area contributed by atoms with E-state index in [1.165, 1.54) is 218 Å². The van der Waals surface area contributed by atoms with E-state index in [0.717, 1.165) is 89.9 Å². The predicted molar refractivity (Wildman–Crippen MR) is 358 cm³/mol. The van der Waals surface area contributed by atoms with Crippen LogP contribution in [0.25, 0.3) is 0 Å². The zero-order valence-electron chi connectivity index (χ0n) is 55.7. The third-order valence-corrected chi connectivity index (χ3v) is 16.9. The lowest BCUT2D eigenvalue weighted by molar-refractivity contribution is -0.870. The fourth-order valence-corrected chi connectivity index (χ4v) is 11.2. The second-order valence-corrected chi connectivity index (χ2v) is 26.8. The van der Waals surface area contributed by atoms with Crippen molar-refractivity contribution in [3.8, 4) is 0 Å².